The fourth-order valence-electron chi connectivity index (χ4n) is 1.82. The van der Waals surface area contributed by atoms with Gasteiger partial charge < -0.3 is 19.0 Å². The molecule has 0 saturated carbocycles. The average molecular weight is 520 g/mol. The second kappa shape index (κ2) is 9.84. The van der Waals surface area contributed by atoms with Crippen molar-refractivity contribution in [2.45, 2.75) is 38.9 Å². The van der Waals surface area contributed by atoms with E-state index in [0.717, 1.165) is 20.4 Å². The maximum atomic E-state index is 9.14. The minimum Gasteiger partial charge on any atom is -0.541 e. The normalized spacial score (nSPS) is 11.3. The van der Waals surface area contributed by atoms with Crippen LogP contribution in [-0.2, 0) is 0 Å². The molecule has 0 aromatic heterocycles. The highest BCUT2D eigenvalue weighted by molar-refractivity contribution is 9.10. The van der Waals surface area contributed by atoms with Gasteiger partial charge in [-0.3, -0.25) is 0 Å². The topological polar surface area (TPSA) is 47.9 Å². The number of phenolic OH excluding ortho intramolecular Hbond substituents is 1. The van der Waals surface area contributed by atoms with E-state index in [4.69, 9.17) is 19.0 Å². The zero-order valence-corrected chi connectivity index (χ0v) is 21.1. The van der Waals surface area contributed by atoms with Gasteiger partial charge >= 0.3 is 0 Å². The Balaban J connectivity index is 0.000000309. The molecule has 0 amide bonds. The Hall–Kier alpha value is -1.18. The molecule has 2 aromatic rings. The van der Waals surface area contributed by atoms with Crippen LogP contribution in [0.15, 0.2) is 45.3 Å². The molecule has 0 atom stereocenters. The first-order valence-electron chi connectivity index (χ1n) is 8.46. The molecular weight excluding hydrogens is 492 g/mol. The fraction of sp³-hybridized carbons (Fsp3) is 0.400. The van der Waals surface area contributed by atoms with Crippen LogP contribution in [0.3, 0.4) is 0 Å². The number of hydrogen-bond acceptors (Lipinski definition) is 4. The van der Waals surface area contributed by atoms with E-state index in [1.165, 1.54) is 7.11 Å². The molecule has 0 spiro atoms. The molecule has 0 aliphatic carbocycles. The lowest BCUT2D eigenvalue weighted by molar-refractivity contribution is 0.373. The second-order valence-electron chi connectivity index (χ2n) is 7.47. The van der Waals surface area contributed by atoms with Crippen LogP contribution in [0.25, 0.3) is 0 Å². The first-order chi connectivity index (χ1) is 12.4. The van der Waals surface area contributed by atoms with Crippen molar-refractivity contribution in [3.8, 4) is 23.0 Å². The summed E-state index contributed by atoms with van der Waals surface area (Å²) in [6.45, 7) is 11.1. The van der Waals surface area contributed by atoms with Gasteiger partial charge in [0, 0.05) is 8.95 Å². The molecule has 0 radical (unpaired) electrons. The molecule has 1 N–H and O–H groups in total. The standard InChI is InChI=1S/C13H21BrO2Si.C7H7BrO2/c1-13(2,3)17(5,6)16-12-9-10(14)7-8-11(12)15-4;1-10-7-3-2-5(8)4-6(7)9/h7-9H,1-6H3;2-4,9H,1H3. The van der Waals surface area contributed by atoms with Gasteiger partial charge in [0.1, 0.15) is 5.75 Å². The van der Waals surface area contributed by atoms with Gasteiger partial charge in [-0.15, -0.1) is 0 Å². The first-order valence-corrected chi connectivity index (χ1v) is 13.0. The molecule has 0 unspecified atom stereocenters. The van der Waals surface area contributed by atoms with Gasteiger partial charge in [0.25, 0.3) is 8.32 Å². The molecule has 0 saturated heterocycles. The predicted octanol–water partition coefficient (Wildman–Crippen LogP) is 7.01. The summed E-state index contributed by atoms with van der Waals surface area (Å²) in [5.41, 5.74) is 0. The zero-order valence-electron chi connectivity index (χ0n) is 16.9. The Morgan fingerprint density at radius 2 is 1.30 bits per heavy atom. The number of hydrogen-bond donors (Lipinski definition) is 1. The molecule has 27 heavy (non-hydrogen) atoms. The van der Waals surface area contributed by atoms with Crippen molar-refractivity contribution in [3.63, 3.8) is 0 Å². The van der Waals surface area contributed by atoms with Crippen LogP contribution in [0, 0.1) is 0 Å². The maximum Gasteiger partial charge on any atom is 0.250 e. The van der Waals surface area contributed by atoms with Gasteiger partial charge in [0.15, 0.2) is 17.2 Å². The molecule has 0 fully saturated rings. The van der Waals surface area contributed by atoms with Gasteiger partial charge in [-0.25, -0.2) is 0 Å². The Kier molecular flexibility index (Phi) is 8.70. The Labute approximate surface area is 180 Å². The summed E-state index contributed by atoms with van der Waals surface area (Å²) >= 11 is 6.67. The number of aromatic hydroxyl groups is 1. The van der Waals surface area contributed by atoms with Crippen molar-refractivity contribution >= 4 is 40.2 Å². The zero-order chi connectivity index (χ0) is 20.8. The van der Waals surface area contributed by atoms with E-state index in [0.29, 0.717) is 5.75 Å². The quantitative estimate of drug-likeness (QED) is 0.441. The summed E-state index contributed by atoms with van der Waals surface area (Å²) in [5, 5.41) is 9.32. The summed E-state index contributed by atoms with van der Waals surface area (Å²) in [7, 11) is 1.37. The lowest BCUT2D eigenvalue weighted by Gasteiger charge is -2.36. The van der Waals surface area contributed by atoms with Gasteiger partial charge in [-0.05, 0) is 54.5 Å². The SMILES string of the molecule is COc1ccc(Br)cc1O.COc1ccc(Br)cc1O[Si](C)(C)C(C)(C)C. The van der Waals surface area contributed by atoms with Crippen LogP contribution in [0.4, 0.5) is 0 Å². The molecule has 4 nitrogen and oxygen atoms in total. The van der Waals surface area contributed by atoms with Crippen molar-refractivity contribution in [2.75, 3.05) is 14.2 Å². The van der Waals surface area contributed by atoms with Crippen LogP contribution in [0.1, 0.15) is 20.8 Å². The van der Waals surface area contributed by atoms with Crippen molar-refractivity contribution < 1.29 is 19.0 Å². The Bertz CT molecular complexity index is 758. The van der Waals surface area contributed by atoms with Crippen molar-refractivity contribution in [1.82, 2.24) is 0 Å². The van der Waals surface area contributed by atoms with Gasteiger partial charge in [-0.1, -0.05) is 52.6 Å². The predicted molar refractivity (Wildman–Crippen MR) is 121 cm³/mol. The molecule has 0 aliphatic rings. The summed E-state index contributed by atoms with van der Waals surface area (Å²) in [5.74, 6) is 2.26. The minimum absolute atomic E-state index is 0.150. The fourth-order valence-corrected chi connectivity index (χ4v) is 3.53. The number of halogens is 2. The van der Waals surface area contributed by atoms with Crippen LogP contribution in [0.5, 0.6) is 23.0 Å². The van der Waals surface area contributed by atoms with Crippen molar-refractivity contribution in [1.29, 1.82) is 0 Å². The number of benzene rings is 2. The molecule has 0 heterocycles. The van der Waals surface area contributed by atoms with E-state index in [9.17, 15) is 0 Å². The molecule has 2 rings (SSSR count). The van der Waals surface area contributed by atoms with Gasteiger partial charge in [-0.2, -0.15) is 0 Å². The largest absolute Gasteiger partial charge is 0.541 e. The molecule has 0 bridgehead atoms. The number of ether oxygens (including phenoxy) is 2. The smallest absolute Gasteiger partial charge is 0.250 e. The molecular formula is C20H28Br2O4Si. The summed E-state index contributed by atoms with van der Waals surface area (Å²) in [4.78, 5) is 0. The maximum absolute atomic E-state index is 9.14. The average Bonchev–Trinajstić information content (AvgIpc) is 2.54. The Morgan fingerprint density at radius 1 is 0.815 bits per heavy atom. The van der Waals surface area contributed by atoms with Crippen LogP contribution < -0.4 is 13.9 Å². The molecule has 0 aliphatic heterocycles. The third-order valence-electron chi connectivity index (χ3n) is 4.44. The Morgan fingerprint density at radius 3 is 1.74 bits per heavy atom. The van der Waals surface area contributed by atoms with Crippen molar-refractivity contribution in [2.24, 2.45) is 0 Å². The third kappa shape index (κ3) is 7.05. The van der Waals surface area contributed by atoms with Crippen LogP contribution in [-0.4, -0.2) is 27.6 Å². The second-order valence-corrected chi connectivity index (χ2v) is 14.0. The van der Waals surface area contributed by atoms with E-state index in [1.54, 1.807) is 25.3 Å². The summed E-state index contributed by atoms with van der Waals surface area (Å²) in [6.07, 6.45) is 0. The highest BCUT2D eigenvalue weighted by Crippen LogP contribution is 2.40. The minimum atomic E-state index is -1.82. The highest BCUT2D eigenvalue weighted by Gasteiger charge is 2.39. The number of rotatable bonds is 4. The van der Waals surface area contributed by atoms with E-state index in [1.807, 2.05) is 18.2 Å². The van der Waals surface area contributed by atoms with Crippen LogP contribution in [0.2, 0.25) is 18.1 Å². The number of methoxy groups -OCH3 is 2. The molecule has 150 valence electrons. The van der Waals surface area contributed by atoms with Gasteiger partial charge in [0.2, 0.25) is 0 Å². The highest BCUT2D eigenvalue weighted by atomic mass is 79.9. The molecule has 7 heteroatoms. The third-order valence-corrected chi connectivity index (χ3v) is 9.77. The van der Waals surface area contributed by atoms with E-state index < -0.39 is 8.32 Å². The lowest BCUT2D eigenvalue weighted by Crippen LogP contribution is -2.43. The summed E-state index contributed by atoms with van der Waals surface area (Å²) in [6, 6.07) is 10.9. The van der Waals surface area contributed by atoms with E-state index in [2.05, 4.69) is 65.7 Å². The number of phenols is 1. The molecule has 2 aromatic carbocycles. The van der Waals surface area contributed by atoms with Crippen LogP contribution >= 0.6 is 31.9 Å². The lowest BCUT2D eigenvalue weighted by atomic mass is 10.2. The van der Waals surface area contributed by atoms with Gasteiger partial charge in [0.05, 0.1) is 14.2 Å². The monoisotopic (exact) mass is 518 g/mol. The van der Waals surface area contributed by atoms with E-state index >= 15 is 0 Å². The summed E-state index contributed by atoms with van der Waals surface area (Å²) < 4.78 is 18.3. The van der Waals surface area contributed by atoms with E-state index in [-0.39, 0.29) is 10.8 Å². The first kappa shape index (κ1) is 23.9. The van der Waals surface area contributed by atoms with Crippen molar-refractivity contribution in [3.05, 3.63) is 45.3 Å².